The molecule has 3 aromatic rings. The number of hydrogen-bond acceptors (Lipinski definition) is 6. The quantitative estimate of drug-likeness (QED) is 0.524. The van der Waals surface area contributed by atoms with Gasteiger partial charge in [0.2, 0.25) is 0 Å². The summed E-state index contributed by atoms with van der Waals surface area (Å²) >= 11 is 0. The first kappa shape index (κ1) is 19.3. The first-order chi connectivity index (χ1) is 14.4. The summed E-state index contributed by atoms with van der Waals surface area (Å²) in [5, 5.41) is 27.0. The normalized spacial score (nSPS) is 15.3. The van der Waals surface area contributed by atoms with Crippen LogP contribution in [0.15, 0.2) is 60.7 Å². The molecule has 1 aliphatic heterocycles. The molecule has 0 saturated heterocycles. The molecule has 0 unspecified atom stereocenters. The number of hydrogen-bond donors (Lipinski definition) is 1. The van der Waals surface area contributed by atoms with E-state index in [1.54, 1.807) is 30.3 Å². The summed E-state index contributed by atoms with van der Waals surface area (Å²) in [7, 11) is 1.28. The third-order valence-electron chi connectivity index (χ3n) is 5.00. The molecule has 3 aromatic carbocycles. The third kappa shape index (κ3) is 3.18. The maximum absolute atomic E-state index is 13.4. The molecule has 1 N–H and O–H groups in total. The number of fused-ring (bicyclic) bond motifs is 1. The predicted molar refractivity (Wildman–Crippen MR) is 110 cm³/mol. The Hall–Kier alpha value is -4.07. The molecule has 1 atom stereocenters. The Morgan fingerprint density at radius 2 is 1.87 bits per heavy atom. The summed E-state index contributed by atoms with van der Waals surface area (Å²) in [6.45, 7) is 1.91. The Morgan fingerprint density at radius 3 is 2.57 bits per heavy atom. The minimum atomic E-state index is -0.809. The van der Waals surface area contributed by atoms with Gasteiger partial charge in [-0.15, -0.1) is 0 Å². The summed E-state index contributed by atoms with van der Waals surface area (Å²) in [5.41, 5.74) is 2.42. The van der Waals surface area contributed by atoms with E-state index in [1.165, 1.54) is 24.1 Å². The number of nitro groups is 1. The zero-order valence-corrected chi connectivity index (χ0v) is 16.3. The van der Waals surface area contributed by atoms with Gasteiger partial charge in [0, 0.05) is 28.8 Å². The molecule has 1 aliphatic rings. The van der Waals surface area contributed by atoms with Crippen molar-refractivity contribution in [1.29, 1.82) is 0 Å². The number of carbonyl (C=O) groups excluding carboxylic acids is 1. The number of aryl methyl sites for hydroxylation is 1. The number of para-hydroxylation sites is 1. The molecule has 0 fully saturated rings. The van der Waals surface area contributed by atoms with Gasteiger partial charge in [-0.25, -0.2) is 0 Å². The average molecular weight is 404 g/mol. The number of anilines is 2. The van der Waals surface area contributed by atoms with E-state index in [0.29, 0.717) is 22.5 Å². The van der Waals surface area contributed by atoms with Gasteiger partial charge in [-0.2, -0.15) is 0 Å². The highest BCUT2D eigenvalue weighted by atomic mass is 16.6. The Balaban J connectivity index is 1.93. The number of amides is 1. The van der Waals surface area contributed by atoms with Crippen molar-refractivity contribution in [3.05, 3.63) is 87.5 Å². The van der Waals surface area contributed by atoms with Crippen LogP contribution in [-0.4, -0.2) is 17.9 Å². The Labute approximate surface area is 172 Å². The van der Waals surface area contributed by atoms with Crippen LogP contribution in [0, 0.1) is 17.0 Å². The molecule has 8 nitrogen and oxygen atoms in total. The minimum Gasteiger partial charge on any atom is -0.865 e. The van der Waals surface area contributed by atoms with E-state index in [0.717, 1.165) is 5.56 Å². The summed E-state index contributed by atoms with van der Waals surface area (Å²) in [4.78, 5) is 25.6. The lowest BCUT2D eigenvalue weighted by Crippen LogP contribution is -2.43. The van der Waals surface area contributed by atoms with Crippen LogP contribution >= 0.6 is 0 Å². The minimum absolute atomic E-state index is 0.156. The molecule has 8 heteroatoms. The number of nitrogens with zero attached hydrogens (tertiary/aromatic N) is 2. The molecule has 0 aliphatic carbocycles. The van der Waals surface area contributed by atoms with Gasteiger partial charge in [-0.05, 0) is 42.8 Å². The maximum Gasteiger partial charge on any atom is 0.265 e. The Bertz CT molecular complexity index is 1160. The SMILES string of the molecule is COc1cc([C@H]2Nc3ccccc3C(=O)N2c2cccc(C)c2)cc([N+](=O)[O-])c1[O-]. The van der Waals surface area contributed by atoms with E-state index < -0.39 is 22.5 Å². The molecule has 152 valence electrons. The third-order valence-corrected chi connectivity index (χ3v) is 5.00. The molecule has 0 radical (unpaired) electrons. The molecular formula is C22H18N3O5-. The van der Waals surface area contributed by atoms with E-state index in [2.05, 4.69) is 5.32 Å². The van der Waals surface area contributed by atoms with Gasteiger partial charge in [0.15, 0.2) is 0 Å². The number of methoxy groups -OCH3 is 1. The van der Waals surface area contributed by atoms with E-state index in [9.17, 15) is 20.0 Å². The number of ether oxygens (including phenoxy) is 1. The molecule has 1 heterocycles. The standard InChI is InChI=1S/C22H19N3O5/c1-13-6-5-7-15(10-13)24-21(23-17-9-4-3-8-16(17)22(24)27)14-11-18(25(28)29)20(26)19(12-14)30-2/h3-12,21,23,26H,1-2H3/p-1/t21-/m0/s1. The molecule has 30 heavy (non-hydrogen) atoms. The monoisotopic (exact) mass is 404 g/mol. The number of nitrogens with one attached hydrogen (secondary N) is 1. The fraction of sp³-hybridized carbons (Fsp3) is 0.136. The Kier molecular flexibility index (Phi) is 4.75. The highest BCUT2D eigenvalue weighted by Crippen LogP contribution is 2.41. The first-order valence-corrected chi connectivity index (χ1v) is 9.20. The zero-order chi connectivity index (χ0) is 21.4. The van der Waals surface area contributed by atoms with E-state index >= 15 is 0 Å². The van der Waals surface area contributed by atoms with Crippen LogP contribution in [0.3, 0.4) is 0 Å². The lowest BCUT2D eigenvalue weighted by atomic mass is 10.0. The van der Waals surface area contributed by atoms with Gasteiger partial charge >= 0.3 is 0 Å². The molecule has 4 rings (SSSR count). The summed E-state index contributed by atoms with van der Waals surface area (Å²) in [5.74, 6) is -1.22. The lowest BCUT2D eigenvalue weighted by molar-refractivity contribution is -0.398. The largest absolute Gasteiger partial charge is 0.865 e. The zero-order valence-electron chi connectivity index (χ0n) is 16.3. The van der Waals surface area contributed by atoms with E-state index in [4.69, 9.17) is 4.74 Å². The molecule has 0 spiro atoms. The summed E-state index contributed by atoms with van der Waals surface area (Å²) in [6, 6.07) is 17.1. The molecular weight excluding hydrogens is 386 g/mol. The fourth-order valence-corrected chi connectivity index (χ4v) is 3.58. The molecule has 0 aromatic heterocycles. The van der Waals surface area contributed by atoms with Crippen LogP contribution in [0.2, 0.25) is 0 Å². The molecule has 0 saturated carbocycles. The van der Waals surface area contributed by atoms with Crippen molar-refractivity contribution < 1.29 is 19.6 Å². The van der Waals surface area contributed by atoms with Crippen molar-refractivity contribution in [1.82, 2.24) is 0 Å². The maximum atomic E-state index is 13.4. The van der Waals surface area contributed by atoms with Crippen LogP contribution in [0.1, 0.15) is 27.7 Å². The lowest BCUT2D eigenvalue weighted by Gasteiger charge is -2.38. The van der Waals surface area contributed by atoms with Gasteiger partial charge in [0.1, 0.15) is 11.9 Å². The van der Waals surface area contributed by atoms with Crippen molar-refractivity contribution in [2.45, 2.75) is 13.1 Å². The fourth-order valence-electron chi connectivity index (χ4n) is 3.58. The van der Waals surface area contributed by atoms with Crippen LogP contribution < -0.4 is 20.1 Å². The van der Waals surface area contributed by atoms with Crippen molar-refractivity contribution in [3.63, 3.8) is 0 Å². The van der Waals surface area contributed by atoms with E-state index in [1.807, 2.05) is 25.1 Å². The van der Waals surface area contributed by atoms with Gasteiger partial charge in [0.25, 0.3) is 11.6 Å². The number of nitro benzene ring substituents is 1. The van der Waals surface area contributed by atoms with Gasteiger partial charge in [0.05, 0.1) is 17.6 Å². The smallest absolute Gasteiger partial charge is 0.265 e. The number of rotatable bonds is 4. The number of benzene rings is 3. The second kappa shape index (κ2) is 7.40. The summed E-state index contributed by atoms with van der Waals surface area (Å²) in [6.07, 6.45) is -0.776. The summed E-state index contributed by atoms with van der Waals surface area (Å²) < 4.78 is 5.08. The van der Waals surface area contributed by atoms with Crippen LogP contribution in [0.5, 0.6) is 11.5 Å². The van der Waals surface area contributed by atoms with E-state index in [-0.39, 0.29) is 11.7 Å². The van der Waals surface area contributed by atoms with Crippen molar-refractivity contribution in [2.75, 3.05) is 17.3 Å². The van der Waals surface area contributed by atoms with Crippen molar-refractivity contribution in [2.24, 2.45) is 0 Å². The van der Waals surface area contributed by atoms with Gasteiger partial charge in [-0.3, -0.25) is 19.8 Å². The Morgan fingerprint density at radius 1 is 1.10 bits per heavy atom. The van der Waals surface area contributed by atoms with Crippen molar-refractivity contribution in [3.8, 4) is 11.5 Å². The number of carbonyl (C=O) groups is 1. The highest BCUT2D eigenvalue weighted by molar-refractivity contribution is 6.12. The first-order valence-electron chi connectivity index (χ1n) is 9.20. The van der Waals surface area contributed by atoms with Gasteiger partial charge < -0.3 is 15.2 Å². The predicted octanol–water partition coefficient (Wildman–Crippen LogP) is 3.76. The van der Waals surface area contributed by atoms with Crippen LogP contribution in [-0.2, 0) is 0 Å². The molecule has 1 amide bonds. The van der Waals surface area contributed by atoms with Crippen LogP contribution in [0.4, 0.5) is 17.1 Å². The second-order valence-corrected chi connectivity index (χ2v) is 6.94. The average Bonchev–Trinajstić information content (AvgIpc) is 2.73. The van der Waals surface area contributed by atoms with Crippen molar-refractivity contribution >= 4 is 23.0 Å². The highest BCUT2D eigenvalue weighted by Gasteiger charge is 2.35. The molecule has 0 bridgehead atoms. The second-order valence-electron chi connectivity index (χ2n) is 6.94. The van der Waals surface area contributed by atoms with Gasteiger partial charge in [-0.1, -0.05) is 24.3 Å². The van der Waals surface area contributed by atoms with Crippen LogP contribution in [0.25, 0.3) is 0 Å². The topological polar surface area (TPSA) is 108 Å².